The van der Waals surface area contributed by atoms with E-state index < -0.39 is 0 Å². The maximum absolute atomic E-state index is 3.68. The topological polar surface area (TPSA) is 20.7 Å². The van der Waals surface area contributed by atoms with Crippen molar-refractivity contribution in [3.63, 3.8) is 0 Å². The Bertz CT molecular complexity index is 2370. The molecule has 0 aliphatic rings. The molecule has 0 aliphatic carbocycles. The maximum Gasteiger partial charge on any atom is 0.0555 e. The van der Waals surface area contributed by atoms with Crippen LogP contribution >= 0.6 is 11.3 Å². The second kappa shape index (κ2) is 7.83. The molecular formula is C36H22N2S. The van der Waals surface area contributed by atoms with E-state index in [0.29, 0.717) is 0 Å². The van der Waals surface area contributed by atoms with Gasteiger partial charge in [0, 0.05) is 58.4 Å². The lowest BCUT2D eigenvalue weighted by molar-refractivity contribution is 1.18. The van der Waals surface area contributed by atoms with Gasteiger partial charge in [-0.2, -0.15) is 0 Å². The predicted octanol–water partition coefficient (Wildman–Crippen LogP) is 10.5. The molecule has 0 bridgehead atoms. The van der Waals surface area contributed by atoms with Crippen molar-refractivity contribution in [2.24, 2.45) is 0 Å². The fraction of sp³-hybridized carbons (Fsp3) is 0. The lowest BCUT2D eigenvalue weighted by atomic mass is 10.0. The van der Waals surface area contributed by atoms with Crippen LogP contribution in [0.15, 0.2) is 127 Å². The summed E-state index contributed by atoms with van der Waals surface area (Å²) in [6.07, 6.45) is 0. The van der Waals surface area contributed by atoms with Crippen molar-refractivity contribution in [2.45, 2.75) is 0 Å². The average Bonchev–Trinajstić information content (AvgIpc) is 3.63. The summed E-state index contributed by atoms with van der Waals surface area (Å²) in [5, 5.41) is 7.79. The molecule has 0 unspecified atom stereocenters. The molecule has 3 heterocycles. The number of H-pyrrole nitrogens is 1. The number of aromatic amines is 1. The van der Waals surface area contributed by atoms with E-state index in [9.17, 15) is 0 Å². The van der Waals surface area contributed by atoms with Gasteiger partial charge >= 0.3 is 0 Å². The van der Waals surface area contributed by atoms with E-state index in [2.05, 4.69) is 137 Å². The zero-order valence-corrected chi connectivity index (χ0v) is 21.8. The van der Waals surface area contributed by atoms with Crippen LogP contribution in [-0.2, 0) is 0 Å². The molecule has 39 heavy (non-hydrogen) atoms. The first kappa shape index (κ1) is 21.1. The van der Waals surface area contributed by atoms with Crippen molar-refractivity contribution in [3.8, 4) is 16.8 Å². The molecule has 0 radical (unpaired) electrons. The molecule has 2 nitrogen and oxygen atoms in total. The summed E-state index contributed by atoms with van der Waals surface area (Å²) in [5.41, 5.74) is 8.55. The van der Waals surface area contributed by atoms with E-state index in [4.69, 9.17) is 0 Å². The smallest absolute Gasteiger partial charge is 0.0555 e. The molecule has 0 saturated heterocycles. The molecule has 0 amide bonds. The van der Waals surface area contributed by atoms with E-state index in [0.717, 1.165) is 0 Å². The molecule has 9 rings (SSSR count). The summed E-state index contributed by atoms with van der Waals surface area (Å²) in [6.45, 7) is 0. The maximum atomic E-state index is 3.68. The molecule has 3 heteroatoms. The van der Waals surface area contributed by atoms with Gasteiger partial charge in [0.25, 0.3) is 0 Å². The SMILES string of the molecule is c1ccc(-c2ccc3[nH]c4cc5sc6cc7c(cc6c5cc4c3c2)c2ccccc2n7-c2ccccc2)cc1. The van der Waals surface area contributed by atoms with Gasteiger partial charge in [0.1, 0.15) is 0 Å². The largest absolute Gasteiger partial charge is 0.354 e. The van der Waals surface area contributed by atoms with Gasteiger partial charge in [-0.15, -0.1) is 11.3 Å². The normalized spacial score (nSPS) is 12.1. The van der Waals surface area contributed by atoms with Crippen LogP contribution in [0, 0.1) is 0 Å². The minimum absolute atomic E-state index is 1.18. The van der Waals surface area contributed by atoms with Gasteiger partial charge in [-0.05, 0) is 65.7 Å². The van der Waals surface area contributed by atoms with Gasteiger partial charge in [-0.25, -0.2) is 0 Å². The zero-order chi connectivity index (χ0) is 25.5. The minimum Gasteiger partial charge on any atom is -0.354 e. The summed E-state index contributed by atoms with van der Waals surface area (Å²) < 4.78 is 5.03. The predicted molar refractivity (Wildman–Crippen MR) is 168 cm³/mol. The summed E-state index contributed by atoms with van der Waals surface area (Å²) in [5.74, 6) is 0. The van der Waals surface area contributed by atoms with Crippen molar-refractivity contribution in [1.82, 2.24) is 9.55 Å². The number of rotatable bonds is 2. The highest BCUT2D eigenvalue weighted by Crippen LogP contribution is 2.43. The molecule has 9 aromatic rings. The van der Waals surface area contributed by atoms with Gasteiger partial charge in [-0.1, -0.05) is 72.8 Å². The molecule has 0 saturated carbocycles. The van der Waals surface area contributed by atoms with Crippen molar-refractivity contribution < 1.29 is 0 Å². The van der Waals surface area contributed by atoms with E-state index in [1.54, 1.807) is 0 Å². The van der Waals surface area contributed by atoms with Crippen LogP contribution in [-0.4, -0.2) is 9.55 Å². The third kappa shape index (κ3) is 3.02. The number of benzene rings is 6. The Morgan fingerprint density at radius 1 is 0.436 bits per heavy atom. The lowest BCUT2D eigenvalue weighted by Gasteiger charge is -2.07. The number of hydrogen-bond donors (Lipinski definition) is 1. The Labute approximate surface area is 228 Å². The van der Waals surface area contributed by atoms with Crippen LogP contribution in [0.2, 0.25) is 0 Å². The lowest BCUT2D eigenvalue weighted by Crippen LogP contribution is -1.92. The van der Waals surface area contributed by atoms with Crippen LogP contribution in [0.1, 0.15) is 0 Å². The van der Waals surface area contributed by atoms with E-state index in [1.807, 2.05) is 11.3 Å². The molecule has 0 aliphatic heterocycles. The number of hydrogen-bond acceptors (Lipinski definition) is 1. The molecule has 3 aromatic heterocycles. The van der Waals surface area contributed by atoms with Crippen molar-refractivity contribution in [1.29, 1.82) is 0 Å². The van der Waals surface area contributed by atoms with Crippen molar-refractivity contribution >= 4 is 75.1 Å². The number of fused-ring (bicyclic) bond motifs is 9. The van der Waals surface area contributed by atoms with Crippen LogP contribution in [0.5, 0.6) is 0 Å². The fourth-order valence-corrected chi connectivity index (χ4v) is 7.44. The Hall–Kier alpha value is -4.86. The molecule has 182 valence electrons. The Kier molecular flexibility index (Phi) is 4.24. The first-order valence-corrected chi connectivity index (χ1v) is 14.1. The number of nitrogens with zero attached hydrogens (tertiary/aromatic N) is 1. The van der Waals surface area contributed by atoms with Crippen molar-refractivity contribution in [3.05, 3.63) is 127 Å². The molecule has 0 atom stereocenters. The quantitative estimate of drug-likeness (QED) is 0.237. The monoisotopic (exact) mass is 514 g/mol. The highest BCUT2D eigenvalue weighted by Gasteiger charge is 2.16. The van der Waals surface area contributed by atoms with E-state index in [1.165, 1.54) is 80.6 Å². The summed E-state index contributed by atoms with van der Waals surface area (Å²) in [4.78, 5) is 3.68. The highest BCUT2D eigenvalue weighted by molar-refractivity contribution is 7.26. The van der Waals surface area contributed by atoms with Crippen molar-refractivity contribution in [2.75, 3.05) is 0 Å². The second-order valence-corrected chi connectivity index (χ2v) is 11.4. The van der Waals surface area contributed by atoms with E-state index in [-0.39, 0.29) is 0 Å². The van der Waals surface area contributed by atoms with Crippen LogP contribution < -0.4 is 0 Å². The first-order chi connectivity index (χ1) is 19.3. The summed E-state index contributed by atoms with van der Waals surface area (Å²) in [6, 6.07) is 46.4. The fourth-order valence-electron chi connectivity index (χ4n) is 6.30. The van der Waals surface area contributed by atoms with Gasteiger partial charge in [-0.3, -0.25) is 0 Å². The number of para-hydroxylation sites is 2. The van der Waals surface area contributed by atoms with Gasteiger partial charge in [0.05, 0.1) is 11.0 Å². The number of thiophene rings is 1. The van der Waals surface area contributed by atoms with Gasteiger partial charge < -0.3 is 9.55 Å². The van der Waals surface area contributed by atoms with Gasteiger partial charge in [0.2, 0.25) is 0 Å². The Morgan fingerprint density at radius 2 is 1.13 bits per heavy atom. The number of nitrogens with one attached hydrogen (secondary N) is 1. The molecular weight excluding hydrogens is 492 g/mol. The molecule has 0 fully saturated rings. The van der Waals surface area contributed by atoms with Crippen LogP contribution in [0.3, 0.4) is 0 Å². The van der Waals surface area contributed by atoms with Crippen LogP contribution in [0.4, 0.5) is 0 Å². The first-order valence-electron chi connectivity index (χ1n) is 13.3. The second-order valence-electron chi connectivity index (χ2n) is 10.3. The third-order valence-electron chi connectivity index (χ3n) is 8.10. The molecule has 0 spiro atoms. The molecule has 1 N–H and O–H groups in total. The Morgan fingerprint density at radius 3 is 1.97 bits per heavy atom. The number of aromatic nitrogens is 2. The standard InChI is InChI=1S/C36H22N2S/c1-3-9-22(10-4-1)23-15-16-31-26(17-23)27-18-29-30-19-28-25-13-7-8-14-33(25)38(24-11-5-2-6-12-24)34(28)21-36(30)39-35(29)20-32(27)37-31/h1-21,37H. The third-order valence-corrected chi connectivity index (χ3v) is 9.22. The van der Waals surface area contributed by atoms with Crippen LogP contribution in [0.25, 0.3) is 80.6 Å². The summed E-state index contributed by atoms with van der Waals surface area (Å²) >= 11 is 1.88. The van der Waals surface area contributed by atoms with Gasteiger partial charge in [0.15, 0.2) is 0 Å². The van der Waals surface area contributed by atoms with E-state index >= 15 is 0 Å². The average molecular weight is 515 g/mol. The summed E-state index contributed by atoms with van der Waals surface area (Å²) in [7, 11) is 0. The molecule has 6 aromatic carbocycles. The highest BCUT2D eigenvalue weighted by atomic mass is 32.1. The Balaban J connectivity index is 1.34. The minimum atomic E-state index is 1.18. The zero-order valence-electron chi connectivity index (χ0n) is 21.0.